The quantitative estimate of drug-likeness (QED) is 0.427. The van der Waals surface area contributed by atoms with Gasteiger partial charge >= 0.3 is 5.97 Å². The Morgan fingerprint density at radius 3 is 2.10 bits per heavy atom. The lowest BCUT2D eigenvalue weighted by molar-refractivity contribution is -0.152. The van der Waals surface area contributed by atoms with Crippen LogP contribution in [0.3, 0.4) is 0 Å². The maximum absolute atomic E-state index is 12.8. The van der Waals surface area contributed by atoms with Gasteiger partial charge in [0.1, 0.15) is 5.75 Å². The first kappa shape index (κ1) is 24.1. The molecule has 2 aromatic rings. The number of carbonyl (C=O) groups is 2. The van der Waals surface area contributed by atoms with Crippen LogP contribution in [0.2, 0.25) is 0 Å². The lowest BCUT2D eigenvalue weighted by Crippen LogP contribution is -2.38. The Morgan fingerprint density at radius 1 is 1.07 bits per heavy atom. The zero-order valence-electron chi connectivity index (χ0n) is 18.6. The van der Waals surface area contributed by atoms with E-state index >= 15 is 0 Å². The molecule has 0 aliphatic heterocycles. The number of carbonyl (C=O) groups excluding carboxylic acids is 1. The Kier molecular flexibility index (Phi) is 7.87. The van der Waals surface area contributed by atoms with Gasteiger partial charge in [-0.1, -0.05) is 54.0 Å². The summed E-state index contributed by atoms with van der Waals surface area (Å²) < 4.78 is 6.75. The van der Waals surface area contributed by atoms with Gasteiger partial charge in [-0.25, -0.2) is 4.79 Å². The van der Waals surface area contributed by atoms with Crippen molar-refractivity contribution in [2.24, 2.45) is 11.8 Å². The minimum Gasteiger partial charge on any atom is -0.478 e. The van der Waals surface area contributed by atoms with Crippen molar-refractivity contribution in [3.8, 4) is 5.75 Å². The van der Waals surface area contributed by atoms with Crippen LogP contribution < -0.4 is 4.74 Å². The van der Waals surface area contributed by atoms with E-state index in [2.05, 4.69) is 22.9 Å². The molecule has 0 saturated heterocycles. The van der Waals surface area contributed by atoms with Crippen molar-refractivity contribution < 1.29 is 19.4 Å². The largest absolute Gasteiger partial charge is 0.478 e. The number of hydrogen-bond acceptors (Lipinski definition) is 3. The van der Waals surface area contributed by atoms with E-state index in [0.717, 1.165) is 34.0 Å². The summed E-state index contributed by atoms with van der Waals surface area (Å²) >= 11 is 3.40. The fourth-order valence-electron chi connectivity index (χ4n) is 3.42. The van der Waals surface area contributed by atoms with Gasteiger partial charge < -0.3 is 9.84 Å². The molecule has 0 aliphatic carbocycles. The van der Waals surface area contributed by atoms with Crippen molar-refractivity contribution in [3.05, 3.63) is 63.1 Å². The summed E-state index contributed by atoms with van der Waals surface area (Å²) in [6.07, 6.45) is 1.74. The van der Waals surface area contributed by atoms with Gasteiger partial charge in [-0.3, -0.25) is 4.79 Å². The predicted octanol–water partition coefficient (Wildman–Crippen LogP) is 6.40. The summed E-state index contributed by atoms with van der Waals surface area (Å²) in [6.45, 7) is 11.1. The second-order valence-electron chi connectivity index (χ2n) is 8.65. The van der Waals surface area contributed by atoms with Gasteiger partial charge in [-0.2, -0.15) is 0 Å². The maximum Gasteiger partial charge on any atom is 0.347 e. The molecule has 0 heterocycles. The topological polar surface area (TPSA) is 63.6 Å². The van der Waals surface area contributed by atoms with E-state index in [9.17, 15) is 14.7 Å². The number of ketones is 1. The fraction of sp³-hybridized carbons (Fsp3) is 0.440. The van der Waals surface area contributed by atoms with Gasteiger partial charge in [0.05, 0.1) is 0 Å². The molecular formula is C25H31BrO4. The number of hydrogen-bond donors (Lipinski definition) is 1. The van der Waals surface area contributed by atoms with Crippen molar-refractivity contribution >= 4 is 27.7 Å². The van der Waals surface area contributed by atoms with Gasteiger partial charge in [0.25, 0.3) is 0 Å². The van der Waals surface area contributed by atoms with Crippen LogP contribution in [-0.4, -0.2) is 22.5 Å². The molecule has 2 rings (SSSR count). The number of benzene rings is 2. The first-order valence-corrected chi connectivity index (χ1v) is 11.0. The smallest absolute Gasteiger partial charge is 0.347 e. The minimum absolute atomic E-state index is 0.0626. The minimum atomic E-state index is -1.28. The van der Waals surface area contributed by atoms with Gasteiger partial charge in [0.2, 0.25) is 0 Å². The van der Waals surface area contributed by atoms with Crippen molar-refractivity contribution in [2.75, 3.05) is 0 Å². The first-order chi connectivity index (χ1) is 13.9. The van der Waals surface area contributed by atoms with E-state index in [-0.39, 0.29) is 17.6 Å². The van der Waals surface area contributed by atoms with Crippen LogP contribution in [0.5, 0.6) is 5.75 Å². The molecule has 0 aromatic heterocycles. The average molecular weight is 475 g/mol. The standard InChI is InChI=1S/C25H31BrO4/c1-15(18(4)22(27)20-9-11-21(26)12-10-20)7-8-19-13-16(2)23(17(3)14-19)30-25(5,6)24(28)29/h9-15,18H,7-8H2,1-6H3,(H,28,29)/t15-,18+/m1/s1. The highest BCUT2D eigenvalue weighted by molar-refractivity contribution is 9.10. The van der Waals surface area contributed by atoms with E-state index in [1.54, 1.807) is 13.8 Å². The van der Waals surface area contributed by atoms with Gasteiger partial charge in [-0.05, 0) is 75.3 Å². The summed E-state index contributed by atoms with van der Waals surface area (Å²) in [5, 5.41) is 9.32. The van der Waals surface area contributed by atoms with E-state index in [4.69, 9.17) is 4.74 Å². The summed E-state index contributed by atoms with van der Waals surface area (Å²) in [5.74, 6) is -0.0282. The number of ether oxygens (including phenoxy) is 1. The molecule has 2 aromatic carbocycles. The molecule has 1 N–H and O–H groups in total. The van der Waals surface area contributed by atoms with Crippen LogP contribution in [0, 0.1) is 25.7 Å². The van der Waals surface area contributed by atoms with Crippen LogP contribution in [0.25, 0.3) is 0 Å². The van der Waals surface area contributed by atoms with Crippen molar-refractivity contribution in [3.63, 3.8) is 0 Å². The highest BCUT2D eigenvalue weighted by Crippen LogP contribution is 2.30. The number of Topliss-reactive ketones (excluding diaryl/α,β-unsaturated/α-hetero) is 1. The third-order valence-electron chi connectivity index (χ3n) is 5.68. The molecule has 0 saturated carbocycles. The summed E-state index contributed by atoms with van der Waals surface area (Å²) in [6, 6.07) is 11.6. The van der Waals surface area contributed by atoms with Gasteiger partial charge in [-0.15, -0.1) is 0 Å². The lowest BCUT2D eigenvalue weighted by Gasteiger charge is -2.25. The van der Waals surface area contributed by atoms with E-state index in [1.807, 2.05) is 57.2 Å². The van der Waals surface area contributed by atoms with E-state index in [1.165, 1.54) is 5.56 Å². The Labute approximate surface area is 187 Å². The third-order valence-corrected chi connectivity index (χ3v) is 6.21. The monoisotopic (exact) mass is 474 g/mol. The normalized spacial score (nSPS) is 13.6. The number of aliphatic carboxylic acids is 1. The molecule has 0 unspecified atom stereocenters. The van der Waals surface area contributed by atoms with Crippen LogP contribution >= 0.6 is 15.9 Å². The van der Waals surface area contributed by atoms with Crippen LogP contribution in [0.1, 0.15) is 61.2 Å². The Morgan fingerprint density at radius 2 is 1.60 bits per heavy atom. The second kappa shape index (κ2) is 9.78. The molecule has 0 amide bonds. The molecule has 4 nitrogen and oxygen atoms in total. The SMILES string of the molecule is Cc1cc(CC[C@@H](C)[C@H](C)C(=O)c2ccc(Br)cc2)cc(C)c1OC(C)(C)C(=O)O. The Hall–Kier alpha value is -2.14. The molecule has 0 bridgehead atoms. The van der Waals surface area contributed by atoms with Crippen molar-refractivity contribution in [1.82, 2.24) is 0 Å². The number of halogens is 1. The molecule has 5 heteroatoms. The first-order valence-electron chi connectivity index (χ1n) is 10.2. The average Bonchev–Trinajstić information content (AvgIpc) is 2.68. The number of carboxylic acid groups (broad SMARTS) is 1. The summed E-state index contributed by atoms with van der Waals surface area (Å²) in [5.41, 5.74) is 2.47. The summed E-state index contributed by atoms with van der Waals surface area (Å²) in [4.78, 5) is 24.1. The molecule has 30 heavy (non-hydrogen) atoms. The highest BCUT2D eigenvalue weighted by atomic mass is 79.9. The Bertz CT molecular complexity index is 892. The van der Waals surface area contributed by atoms with E-state index < -0.39 is 11.6 Å². The summed E-state index contributed by atoms with van der Waals surface area (Å²) in [7, 11) is 0. The number of aryl methyl sites for hydroxylation is 3. The molecule has 0 fully saturated rings. The van der Waals surface area contributed by atoms with Crippen LogP contribution in [0.4, 0.5) is 0 Å². The van der Waals surface area contributed by atoms with Gasteiger partial charge in [0.15, 0.2) is 11.4 Å². The second-order valence-corrected chi connectivity index (χ2v) is 9.57. The van der Waals surface area contributed by atoms with Gasteiger partial charge in [0, 0.05) is 16.0 Å². The molecule has 162 valence electrons. The van der Waals surface area contributed by atoms with Crippen LogP contribution in [-0.2, 0) is 11.2 Å². The zero-order valence-corrected chi connectivity index (χ0v) is 20.2. The van der Waals surface area contributed by atoms with E-state index in [0.29, 0.717) is 5.75 Å². The third kappa shape index (κ3) is 5.94. The predicted molar refractivity (Wildman–Crippen MR) is 123 cm³/mol. The molecule has 0 aliphatic rings. The maximum atomic E-state index is 12.8. The number of rotatable bonds is 9. The van der Waals surface area contributed by atoms with Crippen LogP contribution in [0.15, 0.2) is 40.9 Å². The molecular weight excluding hydrogens is 444 g/mol. The highest BCUT2D eigenvalue weighted by Gasteiger charge is 2.30. The lowest BCUT2D eigenvalue weighted by atomic mass is 9.84. The molecule has 0 spiro atoms. The van der Waals surface area contributed by atoms with Crippen molar-refractivity contribution in [2.45, 2.75) is 60.0 Å². The zero-order chi connectivity index (χ0) is 22.6. The fourth-order valence-corrected chi connectivity index (χ4v) is 3.69. The number of carboxylic acids is 1. The molecule has 0 radical (unpaired) electrons. The molecule has 2 atom stereocenters. The Balaban J connectivity index is 2.05. The van der Waals surface area contributed by atoms with Crippen molar-refractivity contribution in [1.29, 1.82) is 0 Å².